The Balaban J connectivity index is 1.59. The van der Waals surface area contributed by atoms with Crippen LogP contribution in [0.15, 0.2) is 83.3 Å². The van der Waals surface area contributed by atoms with Crippen molar-refractivity contribution in [3.8, 4) is 5.75 Å². The van der Waals surface area contributed by atoms with Gasteiger partial charge in [0.15, 0.2) is 6.61 Å². The lowest BCUT2D eigenvalue weighted by atomic mass is 9.94. The molecule has 1 aliphatic rings. The topological polar surface area (TPSA) is 58.6 Å². The third kappa shape index (κ3) is 8.34. The van der Waals surface area contributed by atoms with E-state index < -0.39 is 6.04 Å². The molecule has 3 aromatic rings. The second kappa shape index (κ2) is 13.6. The van der Waals surface area contributed by atoms with Crippen molar-refractivity contribution in [2.45, 2.75) is 57.2 Å². The molecule has 37 heavy (non-hydrogen) atoms. The van der Waals surface area contributed by atoms with E-state index in [1.54, 1.807) is 29.2 Å². The van der Waals surface area contributed by atoms with Gasteiger partial charge in [-0.3, -0.25) is 9.59 Å². The van der Waals surface area contributed by atoms with Gasteiger partial charge in [0.05, 0.1) is 0 Å². The van der Waals surface area contributed by atoms with E-state index in [-0.39, 0.29) is 31.0 Å². The number of carbonyl (C=O) groups is 2. The number of halogens is 2. The van der Waals surface area contributed by atoms with Gasteiger partial charge in [-0.2, -0.15) is 0 Å². The minimum Gasteiger partial charge on any atom is -0.484 e. The fourth-order valence-corrected chi connectivity index (χ4v) is 5.03. The number of amides is 2. The summed E-state index contributed by atoms with van der Waals surface area (Å²) in [5, 5.41) is 3.87. The second-order valence-electron chi connectivity index (χ2n) is 9.44. The quantitative estimate of drug-likeness (QED) is 0.294. The highest BCUT2D eigenvalue weighted by atomic mass is 79.9. The summed E-state index contributed by atoms with van der Waals surface area (Å²) in [5.41, 5.74) is 1.89. The Morgan fingerprint density at radius 1 is 0.919 bits per heavy atom. The molecule has 0 bridgehead atoms. The maximum atomic E-state index is 13.7. The Hall–Kier alpha value is -2.83. The summed E-state index contributed by atoms with van der Waals surface area (Å²) >= 11 is 9.51. The summed E-state index contributed by atoms with van der Waals surface area (Å²) in [5.74, 6) is 0.216. The van der Waals surface area contributed by atoms with E-state index >= 15 is 0 Å². The third-order valence-corrected chi connectivity index (χ3v) is 7.45. The standard InChI is InChI=1S/C30H32BrClN2O3/c31-24-13-17-27(18-14-24)37-21-29(35)34(20-23-11-15-25(32)16-12-23)28(19-22-7-3-1-4-8-22)30(36)33-26-9-5-2-6-10-26/h1,3-4,7-8,11-18,26,28H,2,5-6,9-10,19-21H2,(H,33,36)/t28-/m0/s1. The van der Waals surface area contributed by atoms with Crippen molar-refractivity contribution in [2.75, 3.05) is 6.61 Å². The van der Waals surface area contributed by atoms with Crippen LogP contribution in [0.25, 0.3) is 0 Å². The monoisotopic (exact) mass is 582 g/mol. The molecule has 0 saturated heterocycles. The van der Waals surface area contributed by atoms with Crippen molar-refractivity contribution in [3.05, 3.63) is 99.5 Å². The van der Waals surface area contributed by atoms with Gasteiger partial charge in [0.1, 0.15) is 11.8 Å². The summed E-state index contributed by atoms with van der Waals surface area (Å²) in [7, 11) is 0. The molecule has 5 nitrogen and oxygen atoms in total. The zero-order chi connectivity index (χ0) is 26.0. The van der Waals surface area contributed by atoms with E-state index in [1.165, 1.54) is 6.42 Å². The van der Waals surface area contributed by atoms with E-state index in [0.29, 0.717) is 17.2 Å². The molecule has 0 aromatic heterocycles. The van der Waals surface area contributed by atoms with Crippen LogP contribution in [0.2, 0.25) is 5.02 Å². The molecule has 1 N–H and O–H groups in total. The van der Waals surface area contributed by atoms with Crippen LogP contribution in [0.4, 0.5) is 0 Å². The van der Waals surface area contributed by atoms with Crippen LogP contribution in [0.1, 0.15) is 43.2 Å². The number of benzene rings is 3. The van der Waals surface area contributed by atoms with Gasteiger partial charge in [0.2, 0.25) is 5.91 Å². The molecule has 0 radical (unpaired) electrons. The van der Waals surface area contributed by atoms with E-state index in [9.17, 15) is 9.59 Å². The number of rotatable bonds is 10. The molecule has 7 heteroatoms. The molecule has 1 fully saturated rings. The van der Waals surface area contributed by atoms with Crippen molar-refractivity contribution < 1.29 is 14.3 Å². The van der Waals surface area contributed by atoms with Gasteiger partial charge in [0.25, 0.3) is 5.91 Å². The lowest BCUT2D eigenvalue weighted by Crippen LogP contribution is -2.53. The van der Waals surface area contributed by atoms with Crippen LogP contribution in [0.3, 0.4) is 0 Å². The third-order valence-electron chi connectivity index (χ3n) is 6.66. The number of nitrogens with zero attached hydrogens (tertiary/aromatic N) is 1. The minimum absolute atomic E-state index is 0.123. The fraction of sp³-hybridized carbons (Fsp3) is 0.333. The maximum absolute atomic E-state index is 13.7. The Kier molecular flexibility index (Phi) is 10.0. The van der Waals surface area contributed by atoms with E-state index in [4.69, 9.17) is 16.3 Å². The molecule has 4 rings (SSSR count). The van der Waals surface area contributed by atoms with Crippen LogP contribution in [-0.4, -0.2) is 35.4 Å². The van der Waals surface area contributed by atoms with Crippen LogP contribution in [0, 0.1) is 0 Å². The van der Waals surface area contributed by atoms with Crippen LogP contribution in [-0.2, 0) is 22.6 Å². The molecular formula is C30H32BrClN2O3. The zero-order valence-corrected chi connectivity index (χ0v) is 23.1. The smallest absolute Gasteiger partial charge is 0.261 e. The molecule has 0 aliphatic heterocycles. The lowest BCUT2D eigenvalue weighted by molar-refractivity contribution is -0.143. The van der Waals surface area contributed by atoms with Gasteiger partial charge in [-0.25, -0.2) is 0 Å². The normalized spacial score (nSPS) is 14.5. The molecule has 2 amide bonds. The maximum Gasteiger partial charge on any atom is 0.261 e. The number of carbonyl (C=O) groups excluding carboxylic acids is 2. The van der Waals surface area contributed by atoms with Gasteiger partial charge in [-0.05, 0) is 60.4 Å². The van der Waals surface area contributed by atoms with Crippen molar-refractivity contribution in [1.29, 1.82) is 0 Å². The first-order valence-corrected chi connectivity index (χ1v) is 13.9. The Morgan fingerprint density at radius 2 is 1.59 bits per heavy atom. The van der Waals surface area contributed by atoms with Crippen molar-refractivity contribution in [3.63, 3.8) is 0 Å². The van der Waals surface area contributed by atoms with E-state index in [2.05, 4.69) is 21.2 Å². The first kappa shape index (κ1) is 27.2. The molecule has 0 unspecified atom stereocenters. The summed E-state index contributed by atoms with van der Waals surface area (Å²) < 4.78 is 6.75. The van der Waals surface area contributed by atoms with Gasteiger partial charge < -0.3 is 15.0 Å². The highest BCUT2D eigenvalue weighted by Crippen LogP contribution is 2.21. The largest absolute Gasteiger partial charge is 0.484 e. The summed E-state index contributed by atoms with van der Waals surface area (Å²) in [4.78, 5) is 29.1. The summed E-state index contributed by atoms with van der Waals surface area (Å²) in [6.07, 6.45) is 5.79. The SMILES string of the molecule is O=C(NC1CCCCC1)[C@H](Cc1ccccc1)N(Cc1ccc(Cl)cc1)C(=O)COc1ccc(Br)cc1. The average molecular weight is 584 g/mol. The van der Waals surface area contributed by atoms with Gasteiger partial charge in [0, 0.05) is 28.5 Å². The van der Waals surface area contributed by atoms with Crippen LogP contribution < -0.4 is 10.1 Å². The van der Waals surface area contributed by atoms with Crippen LogP contribution in [0.5, 0.6) is 5.75 Å². The minimum atomic E-state index is -0.680. The van der Waals surface area contributed by atoms with Crippen molar-refractivity contribution >= 4 is 39.3 Å². The predicted octanol–water partition coefficient (Wildman–Crippen LogP) is 6.57. The number of nitrogens with one attached hydrogen (secondary N) is 1. The highest BCUT2D eigenvalue weighted by molar-refractivity contribution is 9.10. The fourth-order valence-electron chi connectivity index (χ4n) is 4.64. The van der Waals surface area contributed by atoms with Gasteiger partial charge in [-0.15, -0.1) is 0 Å². The molecule has 1 saturated carbocycles. The molecule has 3 aromatic carbocycles. The predicted molar refractivity (Wildman–Crippen MR) is 151 cm³/mol. The molecular weight excluding hydrogens is 552 g/mol. The summed E-state index contributed by atoms with van der Waals surface area (Å²) in [6.45, 7) is 0.104. The number of hydrogen-bond acceptors (Lipinski definition) is 3. The first-order valence-electron chi connectivity index (χ1n) is 12.7. The first-order chi connectivity index (χ1) is 18.0. The summed E-state index contributed by atoms with van der Waals surface area (Å²) in [6, 6.07) is 24.0. The Labute approximate surface area is 232 Å². The van der Waals surface area contributed by atoms with Crippen LogP contribution >= 0.6 is 27.5 Å². The van der Waals surface area contributed by atoms with E-state index in [1.807, 2.05) is 54.6 Å². The molecule has 0 spiro atoms. The second-order valence-corrected chi connectivity index (χ2v) is 10.8. The molecule has 1 aliphatic carbocycles. The Bertz CT molecular complexity index is 1150. The molecule has 0 heterocycles. The van der Waals surface area contributed by atoms with Crippen molar-refractivity contribution in [2.24, 2.45) is 0 Å². The molecule has 1 atom stereocenters. The zero-order valence-electron chi connectivity index (χ0n) is 20.7. The average Bonchev–Trinajstić information content (AvgIpc) is 2.92. The van der Waals surface area contributed by atoms with Crippen molar-refractivity contribution in [1.82, 2.24) is 10.2 Å². The number of hydrogen-bond donors (Lipinski definition) is 1. The van der Waals surface area contributed by atoms with Gasteiger partial charge in [-0.1, -0.05) is 89.3 Å². The van der Waals surface area contributed by atoms with E-state index in [0.717, 1.165) is 41.3 Å². The Morgan fingerprint density at radius 3 is 2.27 bits per heavy atom. The van der Waals surface area contributed by atoms with Gasteiger partial charge >= 0.3 is 0 Å². The lowest BCUT2D eigenvalue weighted by Gasteiger charge is -2.33. The highest BCUT2D eigenvalue weighted by Gasteiger charge is 2.32. The number of ether oxygens (including phenoxy) is 1. The molecule has 194 valence electrons.